The number of ether oxygens (including phenoxy) is 2. The number of nitrogens with one attached hydrogen (secondary N) is 2. The average Bonchev–Trinajstić information content (AvgIpc) is 2.71. The maximum absolute atomic E-state index is 11.9. The van der Waals surface area contributed by atoms with Gasteiger partial charge in [0.2, 0.25) is 0 Å². The number of hydrogen-bond donors (Lipinski definition) is 2. The van der Waals surface area contributed by atoms with E-state index < -0.39 is 24.7 Å². The summed E-state index contributed by atoms with van der Waals surface area (Å²) in [4.78, 5) is 26.3. The first-order valence-electron chi connectivity index (χ1n) is 6.37. The zero-order valence-corrected chi connectivity index (χ0v) is 12.4. The van der Waals surface area contributed by atoms with Gasteiger partial charge in [-0.25, -0.2) is 4.79 Å². The molecular formula is C13H17F3N2O4. The Labute approximate surface area is 125 Å². The Morgan fingerprint density at radius 1 is 1.27 bits per heavy atom. The lowest BCUT2D eigenvalue weighted by Crippen LogP contribution is -2.29. The van der Waals surface area contributed by atoms with Crippen LogP contribution < -0.4 is 5.32 Å². The van der Waals surface area contributed by atoms with Crippen molar-refractivity contribution in [2.75, 3.05) is 26.9 Å². The van der Waals surface area contributed by atoms with E-state index in [4.69, 9.17) is 0 Å². The van der Waals surface area contributed by atoms with Crippen LogP contribution in [0.3, 0.4) is 0 Å². The molecule has 0 saturated carbocycles. The fourth-order valence-corrected chi connectivity index (χ4v) is 1.90. The number of aromatic nitrogens is 1. The van der Waals surface area contributed by atoms with E-state index in [1.54, 1.807) is 13.8 Å². The zero-order valence-electron chi connectivity index (χ0n) is 12.4. The molecule has 0 aliphatic carbocycles. The number of esters is 1. The molecule has 0 unspecified atom stereocenters. The summed E-state index contributed by atoms with van der Waals surface area (Å²) in [6.07, 6.45) is -4.40. The van der Waals surface area contributed by atoms with Gasteiger partial charge in [-0.2, -0.15) is 13.2 Å². The minimum Gasteiger partial charge on any atom is -0.465 e. The summed E-state index contributed by atoms with van der Waals surface area (Å²) in [6, 6.07) is 0. The minimum absolute atomic E-state index is 0.0834. The molecule has 0 aromatic carbocycles. The highest BCUT2D eigenvalue weighted by atomic mass is 19.4. The van der Waals surface area contributed by atoms with E-state index in [0.717, 1.165) is 0 Å². The van der Waals surface area contributed by atoms with Crippen LogP contribution in [0.1, 0.15) is 32.1 Å². The van der Waals surface area contributed by atoms with Gasteiger partial charge >= 0.3 is 12.1 Å². The summed E-state index contributed by atoms with van der Waals surface area (Å²) in [5.41, 5.74) is 1.32. The standard InChI is InChI=1S/C13H17F3N2O4/c1-7-9(12(20)21-3)8(2)18-10(7)11(19)17-4-5-22-6-13(14,15)16/h18H,4-6H2,1-3H3,(H,17,19). The van der Waals surface area contributed by atoms with Gasteiger partial charge in [0.15, 0.2) is 0 Å². The molecule has 2 N–H and O–H groups in total. The van der Waals surface area contributed by atoms with E-state index in [2.05, 4.69) is 19.8 Å². The number of alkyl halides is 3. The van der Waals surface area contributed by atoms with Crippen LogP contribution in [0.15, 0.2) is 0 Å². The summed E-state index contributed by atoms with van der Waals surface area (Å²) >= 11 is 0. The summed E-state index contributed by atoms with van der Waals surface area (Å²) in [5.74, 6) is -1.11. The van der Waals surface area contributed by atoms with Gasteiger partial charge in [-0.05, 0) is 19.4 Å². The van der Waals surface area contributed by atoms with Gasteiger partial charge in [-0.1, -0.05) is 0 Å². The highest BCUT2D eigenvalue weighted by Gasteiger charge is 2.27. The van der Waals surface area contributed by atoms with Crippen LogP contribution in [0.4, 0.5) is 13.2 Å². The van der Waals surface area contributed by atoms with Crippen molar-refractivity contribution in [1.29, 1.82) is 0 Å². The molecule has 0 radical (unpaired) electrons. The topological polar surface area (TPSA) is 80.4 Å². The molecule has 1 aromatic rings. The first kappa shape index (κ1) is 18.0. The second-order valence-electron chi connectivity index (χ2n) is 4.54. The Kier molecular flexibility index (Phi) is 5.98. The fraction of sp³-hybridized carbons (Fsp3) is 0.538. The number of amides is 1. The van der Waals surface area contributed by atoms with Crippen LogP contribution in [-0.4, -0.2) is 49.9 Å². The molecule has 6 nitrogen and oxygen atoms in total. The smallest absolute Gasteiger partial charge is 0.411 e. The zero-order chi connectivity index (χ0) is 16.9. The number of aryl methyl sites for hydroxylation is 1. The Morgan fingerprint density at radius 2 is 1.91 bits per heavy atom. The van der Waals surface area contributed by atoms with Gasteiger partial charge in [0.05, 0.1) is 19.3 Å². The van der Waals surface area contributed by atoms with Gasteiger partial charge in [0, 0.05) is 12.2 Å². The van der Waals surface area contributed by atoms with E-state index in [1.807, 2.05) is 0 Å². The SMILES string of the molecule is COC(=O)c1c(C)[nH]c(C(=O)NCCOCC(F)(F)F)c1C. The Bertz CT molecular complexity index is 552. The predicted molar refractivity (Wildman–Crippen MR) is 70.8 cm³/mol. The second kappa shape index (κ2) is 7.30. The summed E-state index contributed by atoms with van der Waals surface area (Å²) < 4.78 is 44.6. The maximum Gasteiger partial charge on any atom is 0.411 e. The first-order chi connectivity index (χ1) is 10.2. The Morgan fingerprint density at radius 3 is 2.45 bits per heavy atom. The van der Waals surface area contributed by atoms with Crippen molar-refractivity contribution < 1.29 is 32.2 Å². The minimum atomic E-state index is -4.40. The highest BCUT2D eigenvalue weighted by molar-refractivity contribution is 6.00. The summed E-state index contributed by atoms with van der Waals surface area (Å²) in [5, 5.41) is 2.41. The number of rotatable bonds is 6. The van der Waals surface area contributed by atoms with Gasteiger partial charge in [0.1, 0.15) is 12.3 Å². The molecule has 124 valence electrons. The highest BCUT2D eigenvalue weighted by Crippen LogP contribution is 2.18. The fourth-order valence-electron chi connectivity index (χ4n) is 1.90. The van der Waals surface area contributed by atoms with Gasteiger partial charge in [-0.15, -0.1) is 0 Å². The van der Waals surface area contributed by atoms with Crippen LogP contribution in [0.2, 0.25) is 0 Å². The molecule has 0 saturated heterocycles. The van der Waals surface area contributed by atoms with Crippen molar-refractivity contribution >= 4 is 11.9 Å². The molecule has 0 aliphatic heterocycles. The molecule has 0 atom stereocenters. The lowest BCUT2D eigenvalue weighted by Gasteiger charge is -2.08. The lowest BCUT2D eigenvalue weighted by molar-refractivity contribution is -0.173. The number of carbonyl (C=O) groups excluding carboxylic acids is 2. The van der Waals surface area contributed by atoms with E-state index in [0.29, 0.717) is 11.3 Å². The van der Waals surface area contributed by atoms with Gasteiger partial charge in [-0.3, -0.25) is 4.79 Å². The van der Waals surface area contributed by atoms with Crippen molar-refractivity contribution in [3.8, 4) is 0 Å². The third-order valence-corrected chi connectivity index (χ3v) is 2.85. The van der Waals surface area contributed by atoms with Crippen LogP contribution in [0, 0.1) is 13.8 Å². The molecule has 0 spiro atoms. The summed E-state index contributed by atoms with van der Waals surface area (Å²) in [7, 11) is 1.23. The number of H-pyrrole nitrogens is 1. The maximum atomic E-state index is 11.9. The molecule has 1 aromatic heterocycles. The molecule has 22 heavy (non-hydrogen) atoms. The molecule has 0 bridgehead atoms. The Balaban J connectivity index is 2.58. The van der Waals surface area contributed by atoms with Crippen LogP contribution >= 0.6 is 0 Å². The number of hydrogen-bond acceptors (Lipinski definition) is 4. The monoisotopic (exact) mass is 322 g/mol. The van der Waals surface area contributed by atoms with Gasteiger partial charge in [0.25, 0.3) is 5.91 Å². The van der Waals surface area contributed by atoms with E-state index in [-0.39, 0.29) is 24.4 Å². The molecular weight excluding hydrogens is 305 g/mol. The quantitative estimate of drug-likeness (QED) is 0.617. The lowest BCUT2D eigenvalue weighted by atomic mass is 10.1. The van der Waals surface area contributed by atoms with E-state index in [9.17, 15) is 22.8 Å². The van der Waals surface area contributed by atoms with Gasteiger partial charge < -0.3 is 19.8 Å². The van der Waals surface area contributed by atoms with E-state index in [1.165, 1.54) is 7.11 Å². The van der Waals surface area contributed by atoms with Crippen molar-refractivity contribution in [1.82, 2.24) is 10.3 Å². The van der Waals surface area contributed by atoms with Crippen molar-refractivity contribution in [3.63, 3.8) is 0 Å². The second-order valence-corrected chi connectivity index (χ2v) is 4.54. The largest absolute Gasteiger partial charge is 0.465 e. The molecule has 0 aliphatic rings. The number of carbonyl (C=O) groups is 2. The number of aromatic amines is 1. The first-order valence-corrected chi connectivity index (χ1v) is 6.37. The van der Waals surface area contributed by atoms with Crippen molar-refractivity contribution in [2.45, 2.75) is 20.0 Å². The average molecular weight is 322 g/mol. The third kappa shape index (κ3) is 4.76. The van der Waals surface area contributed by atoms with E-state index >= 15 is 0 Å². The predicted octanol–water partition coefficient (Wildman–Crippen LogP) is 1.73. The summed E-state index contributed by atoms with van der Waals surface area (Å²) in [6.45, 7) is 1.47. The van der Waals surface area contributed by atoms with Crippen molar-refractivity contribution in [3.05, 3.63) is 22.5 Å². The van der Waals surface area contributed by atoms with Crippen LogP contribution in [0.25, 0.3) is 0 Å². The van der Waals surface area contributed by atoms with Crippen LogP contribution in [0.5, 0.6) is 0 Å². The molecule has 1 heterocycles. The number of methoxy groups -OCH3 is 1. The molecule has 0 fully saturated rings. The molecule has 1 amide bonds. The normalized spacial score (nSPS) is 11.4. The third-order valence-electron chi connectivity index (χ3n) is 2.85. The molecule has 1 rings (SSSR count). The Hall–Kier alpha value is -2.03. The molecule has 9 heteroatoms. The van der Waals surface area contributed by atoms with Crippen LogP contribution in [-0.2, 0) is 9.47 Å². The number of halogens is 3. The van der Waals surface area contributed by atoms with Crippen molar-refractivity contribution in [2.24, 2.45) is 0 Å².